The van der Waals surface area contributed by atoms with E-state index in [1.807, 2.05) is 42.3 Å². The molecular formula is C28H27F3N2O. The lowest BCUT2D eigenvalue weighted by Crippen LogP contribution is -2.14. The van der Waals surface area contributed by atoms with Gasteiger partial charge in [0.05, 0.1) is 12.1 Å². The minimum absolute atomic E-state index is 0.0493. The maximum absolute atomic E-state index is 13.1. The van der Waals surface area contributed by atoms with E-state index in [1.54, 1.807) is 19.1 Å². The first kappa shape index (κ1) is 25.0. The van der Waals surface area contributed by atoms with Crippen molar-refractivity contribution in [2.75, 3.05) is 11.9 Å². The first-order valence-corrected chi connectivity index (χ1v) is 11.0. The number of carbonyl (C=O) groups is 1. The van der Waals surface area contributed by atoms with Crippen molar-refractivity contribution in [3.8, 4) is 11.1 Å². The van der Waals surface area contributed by atoms with Gasteiger partial charge in [-0.05, 0) is 72.4 Å². The van der Waals surface area contributed by atoms with Crippen LogP contribution < -0.4 is 4.90 Å². The SMILES string of the molecule is [C-]#[N+]c1ccc(N(C)c2cc(-c3ccc(C(F)(F)F)cc3)cc(C(CC(C)C)C(C)=O)c2)cc1. The summed E-state index contributed by atoms with van der Waals surface area (Å²) in [7, 11) is 1.88. The summed E-state index contributed by atoms with van der Waals surface area (Å²) in [6.45, 7) is 12.8. The molecule has 1 unspecified atom stereocenters. The number of ketones is 1. The predicted octanol–water partition coefficient (Wildman–Crippen LogP) is 8.41. The van der Waals surface area contributed by atoms with Crippen LogP contribution in [0.4, 0.5) is 30.2 Å². The molecule has 0 amide bonds. The fourth-order valence-electron chi connectivity index (χ4n) is 3.96. The third kappa shape index (κ3) is 5.85. The maximum atomic E-state index is 13.1. The van der Waals surface area contributed by atoms with Crippen molar-refractivity contribution in [3.05, 3.63) is 89.3 Å². The van der Waals surface area contributed by atoms with Crippen molar-refractivity contribution in [2.45, 2.75) is 39.3 Å². The predicted molar refractivity (Wildman–Crippen MR) is 131 cm³/mol. The number of halogens is 3. The molecule has 1 atom stereocenters. The van der Waals surface area contributed by atoms with Gasteiger partial charge in [-0.2, -0.15) is 13.2 Å². The molecule has 0 heterocycles. The van der Waals surface area contributed by atoms with Gasteiger partial charge in [-0.25, -0.2) is 4.85 Å². The molecule has 0 N–H and O–H groups in total. The minimum Gasteiger partial charge on any atom is -0.345 e. The van der Waals surface area contributed by atoms with E-state index in [4.69, 9.17) is 6.57 Å². The van der Waals surface area contributed by atoms with Gasteiger partial charge in [-0.1, -0.05) is 44.2 Å². The number of benzene rings is 3. The van der Waals surface area contributed by atoms with Crippen LogP contribution in [0.15, 0.2) is 66.7 Å². The molecule has 0 aliphatic heterocycles. The van der Waals surface area contributed by atoms with Crippen LogP contribution in [0.25, 0.3) is 16.0 Å². The lowest BCUT2D eigenvalue weighted by atomic mass is 9.85. The van der Waals surface area contributed by atoms with Gasteiger partial charge in [0.25, 0.3) is 0 Å². The van der Waals surface area contributed by atoms with Crippen LogP contribution in [0.2, 0.25) is 0 Å². The second-order valence-electron chi connectivity index (χ2n) is 8.87. The Morgan fingerprint density at radius 3 is 2.06 bits per heavy atom. The molecular weight excluding hydrogens is 437 g/mol. The molecule has 34 heavy (non-hydrogen) atoms. The van der Waals surface area contributed by atoms with E-state index in [0.717, 1.165) is 34.6 Å². The molecule has 0 saturated heterocycles. The van der Waals surface area contributed by atoms with Gasteiger partial charge < -0.3 is 4.90 Å². The highest BCUT2D eigenvalue weighted by Gasteiger charge is 2.30. The number of carbonyl (C=O) groups excluding carboxylic acids is 1. The van der Waals surface area contributed by atoms with Gasteiger partial charge in [0.15, 0.2) is 5.69 Å². The van der Waals surface area contributed by atoms with Crippen molar-refractivity contribution in [1.82, 2.24) is 0 Å². The van der Waals surface area contributed by atoms with Crippen LogP contribution >= 0.6 is 0 Å². The molecule has 176 valence electrons. The minimum atomic E-state index is -4.40. The summed E-state index contributed by atoms with van der Waals surface area (Å²) >= 11 is 0. The highest BCUT2D eigenvalue weighted by Crippen LogP contribution is 2.37. The van der Waals surface area contributed by atoms with E-state index in [0.29, 0.717) is 23.6 Å². The number of Topliss-reactive ketones (excluding diaryl/α,β-unsaturated/α-hetero) is 1. The summed E-state index contributed by atoms with van der Waals surface area (Å²) in [6, 6.07) is 18.0. The zero-order chi connectivity index (χ0) is 25.0. The summed E-state index contributed by atoms with van der Waals surface area (Å²) in [6.07, 6.45) is -3.73. The zero-order valence-corrected chi connectivity index (χ0v) is 19.6. The van der Waals surface area contributed by atoms with E-state index in [9.17, 15) is 18.0 Å². The first-order chi connectivity index (χ1) is 16.0. The molecule has 3 aromatic carbocycles. The second-order valence-corrected chi connectivity index (χ2v) is 8.87. The largest absolute Gasteiger partial charge is 0.416 e. The number of hydrogen-bond acceptors (Lipinski definition) is 2. The van der Waals surface area contributed by atoms with Crippen molar-refractivity contribution >= 4 is 22.8 Å². The smallest absolute Gasteiger partial charge is 0.345 e. The molecule has 0 fully saturated rings. The van der Waals surface area contributed by atoms with E-state index >= 15 is 0 Å². The summed E-state index contributed by atoms with van der Waals surface area (Å²) in [4.78, 5) is 17.9. The summed E-state index contributed by atoms with van der Waals surface area (Å²) < 4.78 is 39.2. The zero-order valence-electron chi connectivity index (χ0n) is 19.6. The van der Waals surface area contributed by atoms with Gasteiger partial charge in [-0.3, -0.25) is 4.79 Å². The Morgan fingerprint density at radius 1 is 0.941 bits per heavy atom. The lowest BCUT2D eigenvalue weighted by Gasteiger charge is -2.24. The Morgan fingerprint density at radius 2 is 1.56 bits per heavy atom. The molecule has 0 radical (unpaired) electrons. The standard InChI is InChI=1S/C28H27F3N2O/c1-18(2)14-27(19(3)34)22-15-21(20-6-8-23(9-7-20)28(29,30)31)16-26(17-22)33(5)25-12-10-24(32-4)11-13-25/h6-13,15-18,27H,14H2,1-3,5H3. The van der Waals surface area contributed by atoms with Crippen molar-refractivity contribution in [3.63, 3.8) is 0 Å². The van der Waals surface area contributed by atoms with Crippen LogP contribution in [-0.2, 0) is 11.0 Å². The second kappa shape index (κ2) is 10.1. The van der Waals surface area contributed by atoms with E-state index in [2.05, 4.69) is 18.7 Å². The summed E-state index contributed by atoms with van der Waals surface area (Å²) in [5.74, 6) is 0.0327. The Bertz CT molecular complexity index is 1190. The molecule has 0 aliphatic rings. The van der Waals surface area contributed by atoms with Gasteiger partial charge in [-0.15, -0.1) is 0 Å². The average molecular weight is 465 g/mol. The van der Waals surface area contributed by atoms with Crippen LogP contribution in [0.5, 0.6) is 0 Å². The van der Waals surface area contributed by atoms with Crippen LogP contribution in [-0.4, -0.2) is 12.8 Å². The Labute approximate surface area is 198 Å². The fourth-order valence-corrected chi connectivity index (χ4v) is 3.96. The Hall–Kier alpha value is -3.59. The molecule has 0 aromatic heterocycles. The molecule has 3 aromatic rings. The third-order valence-corrected chi connectivity index (χ3v) is 5.84. The number of hydrogen-bond donors (Lipinski definition) is 0. The number of rotatable bonds is 7. The first-order valence-electron chi connectivity index (χ1n) is 11.0. The molecule has 6 heteroatoms. The van der Waals surface area contributed by atoms with Crippen molar-refractivity contribution in [2.24, 2.45) is 5.92 Å². The van der Waals surface area contributed by atoms with Gasteiger partial charge in [0.1, 0.15) is 5.78 Å². The Kier molecular flexibility index (Phi) is 7.46. The monoisotopic (exact) mass is 464 g/mol. The van der Waals surface area contributed by atoms with Gasteiger partial charge in [0.2, 0.25) is 0 Å². The van der Waals surface area contributed by atoms with Crippen LogP contribution in [0.1, 0.15) is 44.2 Å². The summed E-state index contributed by atoms with van der Waals surface area (Å²) in [5, 5.41) is 0. The van der Waals surface area contributed by atoms with Gasteiger partial charge >= 0.3 is 6.18 Å². The topological polar surface area (TPSA) is 24.7 Å². The van der Waals surface area contributed by atoms with E-state index < -0.39 is 11.7 Å². The highest BCUT2D eigenvalue weighted by molar-refractivity contribution is 5.85. The van der Waals surface area contributed by atoms with Crippen LogP contribution in [0, 0.1) is 12.5 Å². The number of anilines is 2. The molecule has 3 nitrogen and oxygen atoms in total. The van der Waals surface area contributed by atoms with Crippen molar-refractivity contribution in [1.29, 1.82) is 0 Å². The third-order valence-electron chi connectivity index (χ3n) is 5.84. The highest BCUT2D eigenvalue weighted by atomic mass is 19.4. The number of alkyl halides is 3. The molecule has 0 saturated carbocycles. The quantitative estimate of drug-likeness (QED) is 0.328. The fraction of sp³-hybridized carbons (Fsp3) is 0.286. The normalized spacial score (nSPS) is 12.3. The van der Waals surface area contributed by atoms with Crippen LogP contribution in [0.3, 0.4) is 0 Å². The van der Waals surface area contributed by atoms with Gasteiger partial charge in [0, 0.05) is 24.3 Å². The van der Waals surface area contributed by atoms with E-state index in [1.165, 1.54) is 12.1 Å². The lowest BCUT2D eigenvalue weighted by molar-refractivity contribution is -0.137. The number of nitrogens with zero attached hydrogens (tertiary/aromatic N) is 2. The molecule has 0 spiro atoms. The average Bonchev–Trinajstić information content (AvgIpc) is 2.81. The summed E-state index contributed by atoms with van der Waals surface area (Å²) in [5.41, 5.74) is 3.69. The molecule has 3 rings (SSSR count). The molecule has 0 aliphatic carbocycles. The van der Waals surface area contributed by atoms with Crippen molar-refractivity contribution < 1.29 is 18.0 Å². The Balaban J connectivity index is 2.12. The maximum Gasteiger partial charge on any atom is 0.416 e. The van der Waals surface area contributed by atoms with E-state index in [-0.39, 0.29) is 11.7 Å². The molecule has 0 bridgehead atoms.